The van der Waals surface area contributed by atoms with E-state index in [1.54, 1.807) is 36.4 Å². The van der Waals surface area contributed by atoms with Gasteiger partial charge in [0.25, 0.3) is 11.8 Å². The quantitative estimate of drug-likeness (QED) is 0.0954. The Hall–Kier alpha value is -6.02. The fraction of sp³-hybridized carbons (Fsp3) is 0.235. The third-order valence-electron chi connectivity index (χ3n) is 6.90. The number of benzene rings is 3. The van der Waals surface area contributed by atoms with Crippen molar-refractivity contribution in [3.05, 3.63) is 94.4 Å². The van der Waals surface area contributed by atoms with Crippen LogP contribution in [0.2, 0.25) is 0 Å². The number of hydrogen-bond donors (Lipinski definition) is 7. The SMILES string of the molecule is Cc1ccc(C(=O)NC2CC2)cc1Nc1nc(-c2ccc(NC(=O)CN)cc2)c(C(=O)NCc2ccccc2)s1.O=C(O)C(F)(F)F.O=C(O)C(F)(F)F. The van der Waals surface area contributed by atoms with E-state index >= 15 is 0 Å². The molecule has 1 aliphatic rings. The number of aromatic nitrogens is 1. The molecule has 288 valence electrons. The second kappa shape index (κ2) is 18.6. The number of anilines is 3. The van der Waals surface area contributed by atoms with Crippen LogP contribution >= 0.6 is 11.3 Å². The van der Waals surface area contributed by atoms with Gasteiger partial charge in [-0.2, -0.15) is 26.3 Å². The number of halogens is 6. The predicted molar refractivity (Wildman–Crippen MR) is 185 cm³/mol. The Bertz CT molecular complexity index is 1930. The maximum absolute atomic E-state index is 13.4. The molecular weight excluding hydrogens is 750 g/mol. The minimum Gasteiger partial charge on any atom is -0.475 e. The molecule has 0 unspecified atom stereocenters. The summed E-state index contributed by atoms with van der Waals surface area (Å²) in [4.78, 5) is 60.6. The summed E-state index contributed by atoms with van der Waals surface area (Å²) in [7, 11) is 0. The number of carbonyl (C=O) groups is 5. The Morgan fingerprint density at radius 3 is 1.94 bits per heavy atom. The first-order valence-electron chi connectivity index (χ1n) is 15.5. The number of rotatable bonds is 10. The van der Waals surface area contributed by atoms with E-state index in [4.69, 9.17) is 30.5 Å². The zero-order valence-corrected chi connectivity index (χ0v) is 28.8. The second-order valence-corrected chi connectivity index (χ2v) is 12.2. The molecule has 0 saturated heterocycles. The topological polar surface area (TPSA) is 213 Å². The molecule has 4 aromatic rings. The minimum atomic E-state index is -5.08. The number of aliphatic carboxylic acids is 2. The number of nitrogens with one attached hydrogen (secondary N) is 4. The zero-order chi connectivity index (χ0) is 40.2. The number of carbonyl (C=O) groups excluding carboxylic acids is 3. The lowest BCUT2D eigenvalue weighted by Gasteiger charge is -2.10. The third-order valence-corrected chi connectivity index (χ3v) is 7.87. The van der Waals surface area contributed by atoms with Crippen LogP contribution in [0.4, 0.5) is 42.8 Å². The van der Waals surface area contributed by atoms with E-state index in [0.717, 1.165) is 29.7 Å². The Kier molecular flexibility index (Phi) is 14.6. The van der Waals surface area contributed by atoms with Gasteiger partial charge in [-0.25, -0.2) is 14.6 Å². The normalized spacial score (nSPS) is 12.1. The molecule has 5 rings (SSSR count). The first kappa shape index (κ1) is 42.4. The molecule has 8 N–H and O–H groups in total. The van der Waals surface area contributed by atoms with E-state index in [2.05, 4.69) is 21.3 Å². The first-order chi connectivity index (χ1) is 25.3. The van der Waals surface area contributed by atoms with Gasteiger partial charge in [-0.05, 0) is 55.2 Å². The van der Waals surface area contributed by atoms with Crippen LogP contribution < -0.4 is 27.0 Å². The van der Waals surface area contributed by atoms with Crippen LogP contribution in [0, 0.1) is 6.92 Å². The molecule has 1 aliphatic carbocycles. The van der Waals surface area contributed by atoms with Crippen LogP contribution in [0.3, 0.4) is 0 Å². The molecule has 13 nitrogen and oxygen atoms in total. The molecule has 0 spiro atoms. The van der Waals surface area contributed by atoms with Crippen LogP contribution in [-0.2, 0) is 20.9 Å². The Morgan fingerprint density at radius 1 is 0.852 bits per heavy atom. The first-order valence-corrected chi connectivity index (χ1v) is 16.3. The summed E-state index contributed by atoms with van der Waals surface area (Å²) in [5.41, 5.74) is 10.4. The van der Waals surface area contributed by atoms with Gasteiger partial charge in [0.1, 0.15) is 4.88 Å². The van der Waals surface area contributed by atoms with E-state index in [-0.39, 0.29) is 30.3 Å². The van der Waals surface area contributed by atoms with E-state index in [9.17, 15) is 40.7 Å². The number of hydrogen-bond acceptors (Lipinski definition) is 9. The van der Waals surface area contributed by atoms with Crippen LogP contribution in [-0.4, -0.2) is 69.8 Å². The van der Waals surface area contributed by atoms with Crippen molar-refractivity contribution >= 4 is 57.5 Å². The van der Waals surface area contributed by atoms with Gasteiger partial charge in [-0.15, -0.1) is 0 Å². The molecule has 1 heterocycles. The molecule has 1 saturated carbocycles. The van der Waals surface area contributed by atoms with Crippen LogP contribution in [0.15, 0.2) is 72.8 Å². The number of amides is 3. The van der Waals surface area contributed by atoms with Crippen molar-refractivity contribution < 1.29 is 60.5 Å². The van der Waals surface area contributed by atoms with Gasteiger partial charge in [0, 0.05) is 35.1 Å². The molecule has 1 aromatic heterocycles. The van der Waals surface area contributed by atoms with Crippen LogP contribution in [0.25, 0.3) is 11.3 Å². The van der Waals surface area contributed by atoms with Gasteiger partial charge in [0.2, 0.25) is 5.91 Å². The smallest absolute Gasteiger partial charge is 0.475 e. The van der Waals surface area contributed by atoms with Crippen molar-refractivity contribution in [2.75, 3.05) is 17.2 Å². The van der Waals surface area contributed by atoms with Crippen molar-refractivity contribution in [3.8, 4) is 11.3 Å². The Balaban J connectivity index is 0.000000476. The number of carboxylic acids is 2. The van der Waals surface area contributed by atoms with Crippen LogP contribution in [0.1, 0.15) is 44.0 Å². The minimum absolute atomic E-state index is 0.104. The maximum atomic E-state index is 13.4. The van der Waals surface area contributed by atoms with Crippen molar-refractivity contribution in [3.63, 3.8) is 0 Å². The van der Waals surface area contributed by atoms with Gasteiger partial charge in [0.15, 0.2) is 5.13 Å². The zero-order valence-electron chi connectivity index (χ0n) is 28.0. The fourth-order valence-electron chi connectivity index (χ4n) is 4.01. The number of thiazole rings is 1. The maximum Gasteiger partial charge on any atom is 0.490 e. The highest BCUT2D eigenvalue weighted by molar-refractivity contribution is 7.18. The lowest BCUT2D eigenvalue weighted by Crippen LogP contribution is -2.25. The predicted octanol–water partition coefficient (Wildman–Crippen LogP) is 5.85. The van der Waals surface area contributed by atoms with Crippen molar-refractivity contribution in [1.82, 2.24) is 15.6 Å². The van der Waals surface area contributed by atoms with E-state index in [0.29, 0.717) is 39.1 Å². The van der Waals surface area contributed by atoms with Gasteiger partial charge in [-0.3, -0.25) is 14.4 Å². The van der Waals surface area contributed by atoms with Crippen molar-refractivity contribution in [2.45, 2.75) is 44.7 Å². The summed E-state index contributed by atoms with van der Waals surface area (Å²) in [6.07, 6.45) is -8.14. The number of nitrogens with two attached hydrogens (primary N) is 1. The van der Waals surface area contributed by atoms with Gasteiger partial charge in [0.05, 0.1) is 12.2 Å². The Morgan fingerprint density at radius 2 is 1.43 bits per heavy atom. The molecule has 54 heavy (non-hydrogen) atoms. The third kappa shape index (κ3) is 13.5. The number of nitrogens with zero attached hydrogens (tertiary/aromatic N) is 1. The second-order valence-electron chi connectivity index (χ2n) is 11.2. The summed E-state index contributed by atoms with van der Waals surface area (Å²) < 4.78 is 63.5. The highest BCUT2D eigenvalue weighted by Crippen LogP contribution is 2.34. The van der Waals surface area contributed by atoms with Crippen molar-refractivity contribution in [1.29, 1.82) is 0 Å². The molecule has 3 amide bonds. The fourth-order valence-corrected chi connectivity index (χ4v) is 4.93. The lowest BCUT2D eigenvalue weighted by atomic mass is 10.1. The summed E-state index contributed by atoms with van der Waals surface area (Å²) >= 11 is 1.23. The lowest BCUT2D eigenvalue weighted by molar-refractivity contribution is -0.193. The highest BCUT2D eigenvalue weighted by atomic mass is 32.1. The molecule has 0 atom stereocenters. The van der Waals surface area contributed by atoms with Gasteiger partial charge in [-0.1, -0.05) is 59.9 Å². The summed E-state index contributed by atoms with van der Waals surface area (Å²) in [5.74, 6) is -6.16. The number of alkyl halides is 6. The standard InChI is InChI=1S/C30H30N6O3S.2C2HF3O2/c1-18-7-8-21(28(38)34-23-13-14-23)15-24(18)35-30-36-26(20-9-11-22(12-10-20)33-25(37)16-31)27(40-30)29(39)32-17-19-5-3-2-4-6-19;2*3-2(4,5)1(6)7/h2-12,15,23H,13-14,16-17,31H2,1H3,(H,32,39)(H,33,37)(H,34,38)(H,35,36);2*(H,6,7). The van der Waals surface area contributed by atoms with Gasteiger partial charge >= 0.3 is 24.3 Å². The van der Waals surface area contributed by atoms with Crippen LogP contribution in [0.5, 0.6) is 0 Å². The number of aryl methyl sites for hydroxylation is 1. The molecule has 20 heteroatoms. The van der Waals surface area contributed by atoms with E-state index < -0.39 is 24.3 Å². The monoisotopic (exact) mass is 782 g/mol. The largest absolute Gasteiger partial charge is 0.490 e. The molecule has 0 aliphatic heterocycles. The molecule has 1 fully saturated rings. The average Bonchev–Trinajstić information content (AvgIpc) is 3.83. The summed E-state index contributed by atoms with van der Waals surface area (Å²) in [5, 5.41) is 26.8. The van der Waals surface area contributed by atoms with E-state index in [1.165, 1.54) is 11.3 Å². The van der Waals surface area contributed by atoms with E-state index in [1.807, 2.05) is 43.3 Å². The molecule has 0 radical (unpaired) electrons. The van der Waals surface area contributed by atoms with Gasteiger partial charge < -0.3 is 37.2 Å². The Labute approximate surface area is 306 Å². The molecule has 3 aromatic carbocycles. The summed E-state index contributed by atoms with van der Waals surface area (Å²) in [6, 6.07) is 22.5. The highest BCUT2D eigenvalue weighted by Gasteiger charge is 2.39. The average molecular weight is 783 g/mol. The molecule has 0 bridgehead atoms. The van der Waals surface area contributed by atoms with Crippen molar-refractivity contribution in [2.24, 2.45) is 5.73 Å². The summed E-state index contributed by atoms with van der Waals surface area (Å²) in [6.45, 7) is 2.21. The molecular formula is C34H32F6N6O7S. The number of carboxylic acid groups (broad SMARTS) is 2.